The number of hydrogen-bond donors (Lipinski definition) is 2. The van der Waals surface area contributed by atoms with Crippen molar-refractivity contribution in [1.29, 1.82) is 0 Å². The van der Waals surface area contributed by atoms with Crippen molar-refractivity contribution in [3.05, 3.63) is 90.2 Å². The van der Waals surface area contributed by atoms with Gasteiger partial charge in [0.2, 0.25) is 0 Å². The summed E-state index contributed by atoms with van der Waals surface area (Å²) in [5.41, 5.74) is 5.46. The van der Waals surface area contributed by atoms with Crippen LogP contribution in [0.15, 0.2) is 67.7 Å². The Morgan fingerprint density at radius 2 is 2.03 bits per heavy atom. The molecular formula is C25H32BFN3. The van der Waals surface area contributed by atoms with Gasteiger partial charge >= 0.3 is 0 Å². The first kappa shape index (κ1) is 23.6. The highest BCUT2D eigenvalue weighted by Crippen LogP contribution is 2.21. The highest BCUT2D eigenvalue weighted by Gasteiger charge is 2.11. The molecule has 2 rings (SSSR count). The number of unbranched alkanes of at least 4 members (excludes halogenated alkanes) is 1. The minimum atomic E-state index is -0.155. The molecule has 1 atom stereocenters. The molecule has 1 aromatic heterocycles. The molecule has 30 heavy (non-hydrogen) atoms. The molecule has 5 heteroatoms. The zero-order valence-corrected chi connectivity index (χ0v) is 18.2. The highest BCUT2D eigenvalue weighted by molar-refractivity contribution is 6.33. The van der Waals surface area contributed by atoms with E-state index in [4.69, 9.17) is 0 Å². The topological polar surface area (TPSA) is 37.0 Å². The molecule has 2 N–H and O–H groups in total. The number of rotatable bonds is 13. The van der Waals surface area contributed by atoms with Gasteiger partial charge in [0.05, 0.1) is 11.9 Å². The predicted octanol–water partition coefficient (Wildman–Crippen LogP) is 6.33. The van der Waals surface area contributed by atoms with E-state index < -0.39 is 0 Å². The number of aromatic nitrogens is 1. The number of pyridine rings is 1. The van der Waals surface area contributed by atoms with Crippen molar-refractivity contribution >= 4 is 19.0 Å². The van der Waals surface area contributed by atoms with Gasteiger partial charge in [-0.1, -0.05) is 51.1 Å². The third kappa shape index (κ3) is 7.31. The fraction of sp³-hybridized carbons (Fsp3) is 0.320. The van der Waals surface area contributed by atoms with Crippen LogP contribution in [0.1, 0.15) is 42.0 Å². The molecule has 1 radical (unpaired) electrons. The van der Waals surface area contributed by atoms with E-state index in [2.05, 4.69) is 42.6 Å². The molecule has 0 aliphatic heterocycles. The fourth-order valence-electron chi connectivity index (χ4n) is 3.25. The van der Waals surface area contributed by atoms with Crippen LogP contribution in [0.4, 0.5) is 10.1 Å². The molecule has 0 saturated carbocycles. The monoisotopic (exact) mass is 404 g/mol. The van der Waals surface area contributed by atoms with Crippen molar-refractivity contribution in [2.24, 2.45) is 0 Å². The fourth-order valence-corrected chi connectivity index (χ4v) is 3.25. The number of hydrogen-bond acceptors (Lipinski definition) is 3. The average Bonchev–Trinajstić information content (AvgIpc) is 2.74. The zero-order chi connectivity index (χ0) is 21.9. The molecule has 1 aromatic carbocycles. The van der Waals surface area contributed by atoms with E-state index in [9.17, 15) is 4.39 Å². The van der Waals surface area contributed by atoms with Crippen LogP contribution in [-0.4, -0.2) is 18.8 Å². The third-order valence-corrected chi connectivity index (χ3v) is 5.07. The Bertz CT molecular complexity index is 878. The van der Waals surface area contributed by atoms with E-state index in [1.54, 1.807) is 24.5 Å². The van der Waals surface area contributed by atoms with E-state index in [-0.39, 0.29) is 11.9 Å². The van der Waals surface area contributed by atoms with Crippen molar-refractivity contribution in [1.82, 2.24) is 10.3 Å². The van der Waals surface area contributed by atoms with Gasteiger partial charge in [0.1, 0.15) is 13.1 Å². The van der Waals surface area contributed by atoms with Gasteiger partial charge in [-0.2, -0.15) is 0 Å². The van der Waals surface area contributed by atoms with Gasteiger partial charge in [-0.15, -0.1) is 0 Å². The lowest BCUT2D eigenvalue weighted by molar-refractivity contribution is 0.543. The molecule has 0 aliphatic carbocycles. The summed E-state index contributed by atoms with van der Waals surface area (Å²) >= 11 is 0. The minimum absolute atomic E-state index is 0.155. The molecule has 3 nitrogen and oxygen atoms in total. The summed E-state index contributed by atoms with van der Waals surface area (Å²) in [7, 11) is 2.14. The Balaban J connectivity index is 1.75. The summed E-state index contributed by atoms with van der Waals surface area (Å²) < 4.78 is 13.6. The number of benzene rings is 1. The predicted molar refractivity (Wildman–Crippen MR) is 128 cm³/mol. The number of allylic oxidation sites excluding steroid dienone is 1. The first-order valence-corrected chi connectivity index (χ1v) is 10.4. The molecule has 0 aliphatic rings. The highest BCUT2D eigenvalue weighted by atomic mass is 19.1. The van der Waals surface area contributed by atoms with Crippen molar-refractivity contribution < 1.29 is 4.39 Å². The van der Waals surface area contributed by atoms with Crippen LogP contribution in [0.5, 0.6) is 0 Å². The summed E-state index contributed by atoms with van der Waals surface area (Å²) in [6, 6.07) is 7.54. The second-order valence-electron chi connectivity index (χ2n) is 7.53. The van der Waals surface area contributed by atoms with E-state index in [1.165, 1.54) is 0 Å². The number of nitrogens with one attached hydrogen (secondary N) is 2. The Hall–Kier alpha value is -2.66. The van der Waals surface area contributed by atoms with Gasteiger partial charge in [0.25, 0.3) is 0 Å². The van der Waals surface area contributed by atoms with Crippen LogP contribution in [0.3, 0.4) is 0 Å². The normalized spacial score (nSPS) is 11.6. The van der Waals surface area contributed by atoms with Crippen LogP contribution < -0.4 is 10.6 Å². The molecule has 1 heterocycles. The van der Waals surface area contributed by atoms with Crippen LogP contribution in [-0.2, 0) is 0 Å². The molecule has 157 valence electrons. The Kier molecular flexibility index (Phi) is 9.55. The summed E-state index contributed by atoms with van der Waals surface area (Å²) in [5, 5.41) is 6.87. The van der Waals surface area contributed by atoms with Crippen LogP contribution in [0.25, 0.3) is 6.08 Å². The van der Waals surface area contributed by atoms with Gasteiger partial charge in [-0.3, -0.25) is 4.98 Å². The first-order chi connectivity index (χ1) is 14.4. The van der Waals surface area contributed by atoms with Gasteiger partial charge < -0.3 is 10.6 Å². The van der Waals surface area contributed by atoms with Crippen molar-refractivity contribution in [2.45, 2.75) is 45.4 Å². The average molecular weight is 404 g/mol. The lowest BCUT2D eigenvalue weighted by atomic mass is 9.73. The lowest BCUT2D eigenvalue weighted by Crippen LogP contribution is -2.23. The quantitative estimate of drug-likeness (QED) is 0.233. The smallest absolute Gasteiger partial charge is 0.126 e. The van der Waals surface area contributed by atoms with Gasteiger partial charge in [-0.05, 0) is 67.1 Å². The summed E-state index contributed by atoms with van der Waals surface area (Å²) in [6.45, 7) is 16.8. The number of halogens is 1. The van der Waals surface area contributed by atoms with Crippen molar-refractivity contribution in [3.8, 4) is 0 Å². The Morgan fingerprint density at radius 3 is 2.73 bits per heavy atom. The second-order valence-corrected chi connectivity index (χ2v) is 7.53. The van der Waals surface area contributed by atoms with Crippen molar-refractivity contribution in [2.75, 3.05) is 11.9 Å². The van der Waals surface area contributed by atoms with E-state index in [0.717, 1.165) is 60.2 Å². The van der Waals surface area contributed by atoms with Crippen LogP contribution in [0, 0.1) is 12.7 Å². The minimum Gasteiger partial charge on any atom is -0.355 e. The molecule has 0 amide bonds. The standard InChI is InChI=1S/C25H32BFN3/c1-6-21-14-23(17-28-16-21)30-20(4)18(2)9-7-8-12-29-25(15-26-5)22-10-11-24(27)19(3)13-22/h6,10-11,13-14,16-17,25,29-30H,1-2,4,7-9,12,15H2,3,5H3. The summed E-state index contributed by atoms with van der Waals surface area (Å²) in [6.07, 6.45) is 9.12. The maximum absolute atomic E-state index is 13.6. The van der Waals surface area contributed by atoms with Gasteiger partial charge in [-0.25, -0.2) is 4.39 Å². The number of nitrogens with zero attached hydrogens (tertiary/aromatic N) is 1. The second kappa shape index (κ2) is 12.1. The van der Waals surface area contributed by atoms with E-state index in [0.29, 0.717) is 5.56 Å². The first-order valence-electron chi connectivity index (χ1n) is 10.4. The van der Waals surface area contributed by atoms with E-state index >= 15 is 0 Å². The Labute approximate surface area is 181 Å². The maximum Gasteiger partial charge on any atom is 0.126 e. The molecule has 2 aromatic rings. The van der Waals surface area contributed by atoms with E-state index in [1.807, 2.05) is 31.9 Å². The number of aryl methyl sites for hydroxylation is 1. The van der Waals surface area contributed by atoms with Gasteiger partial charge in [0.15, 0.2) is 0 Å². The zero-order valence-electron chi connectivity index (χ0n) is 18.2. The maximum atomic E-state index is 13.6. The largest absolute Gasteiger partial charge is 0.355 e. The van der Waals surface area contributed by atoms with Crippen LogP contribution in [0.2, 0.25) is 13.1 Å². The Morgan fingerprint density at radius 1 is 1.23 bits per heavy atom. The summed E-state index contributed by atoms with van der Waals surface area (Å²) in [4.78, 5) is 4.18. The number of anilines is 1. The van der Waals surface area contributed by atoms with Crippen molar-refractivity contribution in [3.63, 3.8) is 0 Å². The SMILES string of the molecule is C=Cc1cncc(NC(=C)C(=C)CCCCNC(C[B]C)c2ccc(F)c(C)c2)c1. The molecule has 0 fully saturated rings. The molecule has 0 bridgehead atoms. The third-order valence-electron chi connectivity index (χ3n) is 5.07. The molecule has 0 saturated heterocycles. The molecule has 1 unspecified atom stereocenters. The molecular weight excluding hydrogens is 372 g/mol. The molecule has 0 spiro atoms. The summed E-state index contributed by atoms with van der Waals surface area (Å²) in [5.74, 6) is -0.155. The lowest BCUT2D eigenvalue weighted by Gasteiger charge is -2.19. The van der Waals surface area contributed by atoms with Crippen LogP contribution >= 0.6 is 0 Å². The van der Waals surface area contributed by atoms with Gasteiger partial charge in [0, 0.05) is 17.9 Å².